The number of nitrogen functional groups attached to an aromatic ring is 1. The predicted molar refractivity (Wildman–Crippen MR) is 69.6 cm³/mol. The highest BCUT2D eigenvalue weighted by atomic mass is 19.1. The Labute approximate surface area is 106 Å². The van der Waals surface area contributed by atoms with E-state index in [1.54, 1.807) is 19.2 Å². The molecule has 1 saturated heterocycles. The van der Waals surface area contributed by atoms with Crippen LogP contribution in [0.15, 0.2) is 18.2 Å². The lowest BCUT2D eigenvalue weighted by molar-refractivity contribution is 0.161. The molecular weight excluding hydrogens is 233 g/mol. The quantitative estimate of drug-likeness (QED) is 0.631. The van der Waals surface area contributed by atoms with Gasteiger partial charge in [-0.1, -0.05) is 0 Å². The third-order valence-electron chi connectivity index (χ3n) is 3.29. The molecule has 1 aromatic carbocycles. The number of halogens is 1. The molecule has 0 bridgehead atoms. The molecule has 0 amide bonds. The van der Waals surface area contributed by atoms with Gasteiger partial charge in [0.05, 0.1) is 12.3 Å². The smallest absolute Gasteiger partial charge is 0.147 e. The molecule has 0 radical (unpaired) electrons. The van der Waals surface area contributed by atoms with Gasteiger partial charge in [-0.3, -0.25) is 5.41 Å². The van der Waals surface area contributed by atoms with Crippen LogP contribution in [0.5, 0.6) is 0 Å². The number of nitrogens with one attached hydrogen (secondary N) is 1. The number of ether oxygens (including phenoxy) is 1. The van der Waals surface area contributed by atoms with Gasteiger partial charge in [0.25, 0.3) is 0 Å². The zero-order chi connectivity index (χ0) is 13.1. The number of hydrogen-bond acceptors (Lipinski definition) is 3. The second kappa shape index (κ2) is 5.35. The molecule has 1 unspecified atom stereocenters. The molecule has 5 heteroatoms. The molecule has 1 fully saturated rings. The number of rotatable bonds is 4. The fourth-order valence-electron chi connectivity index (χ4n) is 2.35. The van der Waals surface area contributed by atoms with E-state index in [0.717, 1.165) is 19.5 Å². The molecular formula is C13H18FN3O. The normalized spacial score (nSPS) is 19.2. The lowest BCUT2D eigenvalue weighted by atomic mass is 10.1. The molecule has 98 valence electrons. The van der Waals surface area contributed by atoms with E-state index in [9.17, 15) is 4.39 Å². The summed E-state index contributed by atoms with van der Waals surface area (Å²) < 4.78 is 19.1. The molecule has 1 aliphatic heterocycles. The summed E-state index contributed by atoms with van der Waals surface area (Å²) in [6, 6.07) is 4.70. The number of methoxy groups -OCH3 is 1. The summed E-state index contributed by atoms with van der Waals surface area (Å²) in [5.74, 6) is 0.0294. The topological polar surface area (TPSA) is 62.3 Å². The highest BCUT2D eigenvalue weighted by Crippen LogP contribution is 2.27. The second-order valence-electron chi connectivity index (χ2n) is 4.64. The molecule has 0 aliphatic carbocycles. The molecule has 4 nitrogen and oxygen atoms in total. The van der Waals surface area contributed by atoms with Crippen LogP contribution in [0.25, 0.3) is 0 Å². The van der Waals surface area contributed by atoms with Crippen molar-refractivity contribution in [1.29, 1.82) is 5.41 Å². The summed E-state index contributed by atoms with van der Waals surface area (Å²) >= 11 is 0. The molecule has 0 saturated carbocycles. The Morgan fingerprint density at radius 2 is 2.39 bits per heavy atom. The Kier molecular flexibility index (Phi) is 3.81. The molecule has 18 heavy (non-hydrogen) atoms. The first-order valence-electron chi connectivity index (χ1n) is 5.99. The molecule has 3 N–H and O–H groups in total. The third-order valence-corrected chi connectivity index (χ3v) is 3.29. The molecule has 1 aromatic rings. The Balaban J connectivity index is 2.12. The average Bonchev–Trinajstić information content (AvgIpc) is 2.77. The summed E-state index contributed by atoms with van der Waals surface area (Å²) in [5, 5.41) is 7.28. The van der Waals surface area contributed by atoms with Gasteiger partial charge >= 0.3 is 0 Å². The van der Waals surface area contributed by atoms with E-state index < -0.39 is 0 Å². The second-order valence-corrected chi connectivity index (χ2v) is 4.64. The van der Waals surface area contributed by atoms with E-state index in [1.807, 2.05) is 4.90 Å². The van der Waals surface area contributed by atoms with E-state index in [-0.39, 0.29) is 11.7 Å². The number of amidine groups is 1. The minimum absolute atomic E-state index is 0.112. The van der Waals surface area contributed by atoms with Crippen LogP contribution in [-0.2, 0) is 4.74 Å². The van der Waals surface area contributed by atoms with E-state index in [1.165, 1.54) is 6.07 Å². The molecule has 0 spiro atoms. The maximum atomic E-state index is 14.0. The average molecular weight is 251 g/mol. The Hall–Kier alpha value is -1.62. The van der Waals surface area contributed by atoms with Crippen molar-refractivity contribution in [2.75, 3.05) is 31.7 Å². The standard InChI is InChI=1S/C13H18FN3O/c1-18-8-9-4-5-17(7-9)12-3-2-10(13(15)16)6-11(12)14/h2-3,6,9H,4-5,7-8H2,1H3,(H3,15,16). The van der Waals surface area contributed by atoms with Crippen molar-refractivity contribution in [3.8, 4) is 0 Å². The lowest BCUT2D eigenvalue weighted by Crippen LogP contribution is -2.22. The van der Waals surface area contributed by atoms with Crippen molar-refractivity contribution in [2.24, 2.45) is 11.7 Å². The van der Waals surface area contributed by atoms with Crippen LogP contribution in [0, 0.1) is 17.1 Å². The summed E-state index contributed by atoms with van der Waals surface area (Å²) in [6.45, 7) is 2.36. The highest BCUT2D eigenvalue weighted by Gasteiger charge is 2.24. The summed E-state index contributed by atoms with van der Waals surface area (Å²) in [6.07, 6.45) is 1.02. The van der Waals surface area contributed by atoms with Gasteiger partial charge in [-0.05, 0) is 24.6 Å². The number of hydrogen-bond donors (Lipinski definition) is 2. The Morgan fingerprint density at radius 3 is 3.00 bits per heavy atom. The van der Waals surface area contributed by atoms with Crippen LogP contribution in [-0.4, -0.2) is 32.6 Å². The van der Waals surface area contributed by atoms with Crippen LogP contribution in [0.2, 0.25) is 0 Å². The van der Waals surface area contributed by atoms with Gasteiger partial charge in [0.2, 0.25) is 0 Å². The summed E-state index contributed by atoms with van der Waals surface area (Å²) in [4.78, 5) is 2.02. The minimum atomic E-state index is -0.319. The van der Waals surface area contributed by atoms with Gasteiger partial charge in [0.1, 0.15) is 11.7 Å². The molecule has 1 aliphatic rings. The van der Waals surface area contributed by atoms with Crippen molar-refractivity contribution >= 4 is 11.5 Å². The molecule has 0 aromatic heterocycles. The maximum Gasteiger partial charge on any atom is 0.147 e. The van der Waals surface area contributed by atoms with Crippen molar-refractivity contribution in [3.63, 3.8) is 0 Å². The van der Waals surface area contributed by atoms with Crippen molar-refractivity contribution in [2.45, 2.75) is 6.42 Å². The van der Waals surface area contributed by atoms with E-state index >= 15 is 0 Å². The molecule has 2 rings (SSSR count). The zero-order valence-corrected chi connectivity index (χ0v) is 10.4. The largest absolute Gasteiger partial charge is 0.384 e. The van der Waals surface area contributed by atoms with Gasteiger partial charge in [0.15, 0.2) is 0 Å². The fourth-order valence-corrected chi connectivity index (χ4v) is 2.35. The van der Waals surface area contributed by atoms with Crippen LogP contribution in [0.4, 0.5) is 10.1 Å². The maximum absolute atomic E-state index is 14.0. The monoisotopic (exact) mass is 251 g/mol. The van der Waals surface area contributed by atoms with Gasteiger partial charge < -0.3 is 15.4 Å². The van der Waals surface area contributed by atoms with Crippen molar-refractivity contribution in [1.82, 2.24) is 0 Å². The lowest BCUT2D eigenvalue weighted by Gasteiger charge is -2.19. The van der Waals surface area contributed by atoms with Crippen LogP contribution in [0.1, 0.15) is 12.0 Å². The Bertz CT molecular complexity index is 450. The molecule has 1 atom stereocenters. The third kappa shape index (κ3) is 2.61. The van der Waals surface area contributed by atoms with Gasteiger partial charge in [-0.15, -0.1) is 0 Å². The van der Waals surface area contributed by atoms with E-state index in [2.05, 4.69) is 0 Å². The van der Waals surface area contributed by atoms with Crippen molar-refractivity contribution < 1.29 is 9.13 Å². The number of nitrogens with two attached hydrogens (primary N) is 1. The van der Waals surface area contributed by atoms with E-state index in [0.29, 0.717) is 23.8 Å². The van der Waals surface area contributed by atoms with Crippen LogP contribution in [0.3, 0.4) is 0 Å². The fraction of sp³-hybridized carbons (Fsp3) is 0.462. The van der Waals surface area contributed by atoms with Gasteiger partial charge in [-0.2, -0.15) is 0 Å². The number of benzene rings is 1. The first-order chi connectivity index (χ1) is 8.61. The first kappa shape index (κ1) is 12.8. The van der Waals surface area contributed by atoms with Gasteiger partial charge in [-0.25, -0.2) is 4.39 Å². The number of nitrogens with zero attached hydrogens (tertiary/aromatic N) is 1. The summed E-state index contributed by atoms with van der Waals surface area (Å²) in [7, 11) is 1.69. The number of anilines is 1. The van der Waals surface area contributed by atoms with Crippen LogP contribution < -0.4 is 10.6 Å². The first-order valence-corrected chi connectivity index (χ1v) is 5.99. The minimum Gasteiger partial charge on any atom is -0.384 e. The highest BCUT2D eigenvalue weighted by molar-refractivity contribution is 5.95. The summed E-state index contributed by atoms with van der Waals surface area (Å²) in [5.41, 5.74) is 6.34. The van der Waals surface area contributed by atoms with Crippen LogP contribution >= 0.6 is 0 Å². The van der Waals surface area contributed by atoms with E-state index in [4.69, 9.17) is 15.9 Å². The predicted octanol–water partition coefficient (Wildman–Crippen LogP) is 1.58. The van der Waals surface area contributed by atoms with Crippen molar-refractivity contribution in [3.05, 3.63) is 29.6 Å². The zero-order valence-electron chi connectivity index (χ0n) is 10.4. The van der Waals surface area contributed by atoms with Gasteiger partial charge in [0, 0.05) is 31.7 Å². The Morgan fingerprint density at radius 1 is 1.61 bits per heavy atom. The molecule has 1 heterocycles. The SMILES string of the molecule is COCC1CCN(c2ccc(C(=N)N)cc2F)C1.